The molecule has 0 aromatic heterocycles. The number of ether oxygens (including phenoxy) is 1. The van der Waals surface area contributed by atoms with Crippen molar-refractivity contribution in [3.63, 3.8) is 0 Å². The van der Waals surface area contributed by atoms with Crippen LogP contribution in [-0.2, 0) is 14.3 Å². The summed E-state index contributed by atoms with van der Waals surface area (Å²) in [5.41, 5.74) is -0.418. The lowest BCUT2D eigenvalue weighted by Crippen LogP contribution is -2.69. The van der Waals surface area contributed by atoms with Gasteiger partial charge in [0.05, 0.1) is 17.9 Å². The van der Waals surface area contributed by atoms with E-state index in [1.165, 1.54) is 4.90 Å². The van der Waals surface area contributed by atoms with E-state index in [4.69, 9.17) is 4.74 Å². The smallest absolute Gasteiger partial charge is 0.353 e. The number of amides is 2. The molecule has 0 bridgehead atoms. The molecule has 1 saturated heterocycles. The number of hydrogen-bond acceptors (Lipinski definition) is 4. The Morgan fingerprint density at radius 1 is 1.15 bits per heavy atom. The molecule has 2 heterocycles. The van der Waals surface area contributed by atoms with Crippen molar-refractivity contribution in [2.75, 3.05) is 18.1 Å². The summed E-state index contributed by atoms with van der Waals surface area (Å²) >= 11 is 0. The van der Waals surface area contributed by atoms with Gasteiger partial charge in [-0.3, -0.25) is 14.5 Å². The maximum absolute atomic E-state index is 13.2. The van der Waals surface area contributed by atoms with Crippen LogP contribution in [0.5, 0.6) is 0 Å². The Bertz CT molecular complexity index is 743. The van der Waals surface area contributed by atoms with Gasteiger partial charge in [-0.15, -0.1) is 0 Å². The molecular formula is C20H26N2O4. The first kappa shape index (κ1) is 18.4. The van der Waals surface area contributed by atoms with Gasteiger partial charge < -0.3 is 9.64 Å². The second kappa shape index (κ2) is 6.74. The summed E-state index contributed by atoms with van der Waals surface area (Å²) in [6.07, 6.45) is 0.475. The Hall–Kier alpha value is -2.37. The average molecular weight is 358 g/mol. The number of hydrogen-bond donors (Lipinski definition) is 0. The molecule has 1 fully saturated rings. The summed E-state index contributed by atoms with van der Waals surface area (Å²) in [7, 11) is 0. The lowest BCUT2D eigenvalue weighted by Gasteiger charge is -2.49. The van der Waals surface area contributed by atoms with Gasteiger partial charge >= 0.3 is 5.97 Å². The van der Waals surface area contributed by atoms with Crippen molar-refractivity contribution < 1.29 is 19.1 Å². The Morgan fingerprint density at radius 3 is 2.50 bits per heavy atom. The molecule has 140 valence electrons. The van der Waals surface area contributed by atoms with Gasteiger partial charge in [0.25, 0.3) is 5.91 Å². The molecule has 6 nitrogen and oxygen atoms in total. The third kappa shape index (κ3) is 2.77. The van der Waals surface area contributed by atoms with E-state index in [0.717, 1.165) is 0 Å². The first-order valence-electron chi connectivity index (χ1n) is 9.20. The Labute approximate surface area is 154 Å². The molecule has 1 aromatic rings. The third-order valence-electron chi connectivity index (χ3n) is 4.80. The topological polar surface area (TPSA) is 66.9 Å². The Morgan fingerprint density at radius 2 is 1.85 bits per heavy atom. The summed E-state index contributed by atoms with van der Waals surface area (Å²) < 4.78 is 5.54. The molecule has 0 aliphatic carbocycles. The fourth-order valence-electron chi connectivity index (χ4n) is 3.72. The minimum Gasteiger partial charge on any atom is -0.462 e. The van der Waals surface area contributed by atoms with E-state index in [-0.39, 0.29) is 43.1 Å². The van der Waals surface area contributed by atoms with E-state index >= 15 is 0 Å². The van der Waals surface area contributed by atoms with Crippen molar-refractivity contribution in [2.45, 2.75) is 46.2 Å². The second-order valence-electron chi connectivity index (χ2n) is 7.86. The van der Waals surface area contributed by atoms with E-state index < -0.39 is 11.6 Å². The molecule has 1 atom stereocenters. The molecule has 3 rings (SSSR count). The molecule has 0 N–H and O–H groups in total. The van der Waals surface area contributed by atoms with Crippen molar-refractivity contribution in [3.8, 4) is 0 Å². The highest BCUT2D eigenvalue weighted by atomic mass is 16.5. The van der Waals surface area contributed by atoms with Crippen molar-refractivity contribution in [2.24, 2.45) is 11.8 Å². The van der Waals surface area contributed by atoms with Crippen LogP contribution < -0.4 is 4.90 Å². The van der Waals surface area contributed by atoms with Gasteiger partial charge in [0.15, 0.2) is 0 Å². The van der Waals surface area contributed by atoms with E-state index in [0.29, 0.717) is 17.8 Å². The molecule has 26 heavy (non-hydrogen) atoms. The number of para-hydroxylation sites is 1. The lowest BCUT2D eigenvalue weighted by atomic mass is 9.95. The molecular weight excluding hydrogens is 332 g/mol. The van der Waals surface area contributed by atoms with Crippen LogP contribution >= 0.6 is 0 Å². The normalized spacial score (nSPS) is 22.1. The Kier molecular flexibility index (Phi) is 4.78. The predicted molar refractivity (Wildman–Crippen MR) is 97.6 cm³/mol. The molecule has 2 amide bonds. The standard InChI is InChI=1S/C20H26N2O4/c1-13(2)11-21-18(24)15-7-5-6-8-16(15)22-17(23)9-10-20(21,22)19(25)26-12-14(3)4/h5-8,13-14H,9-12H2,1-4H3/t20-/m0/s1. The zero-order valence-corrected chi connectivity index (χ0v) is 15.8. The molecule has 0 unspecified atom stereocenters. The monoisotopic (exact) mass is 358 g/mol. The van der Waals surface area contributed by atoms with Crippen LogP contribution in [0.2, 0.25) is 0 Å². The second-order valence-corrected chi connectivity index (χ2v) is 7.86. The maximum atomic E-state index is 13.2. The highest BCUT2D eigenvalue weighted by molar-refractivity contribution is 6.15. The van der Waals surface area contributed by atoms with Crippen LogP contribution in [0.25, 0.3) is 0 Å². The molecule has 2 aliphatic rings. The van der Waals surface area contributed by atoms with Crippen LogP contribution in [0.15, 0.2) is 24.3 Å². The highest BCUT2D eigenvalue weighted by Gasteiger charge is 2.61. The molecule has 6 heteroatoms. The van der Waals surface area contributed by atoms with Crippen molar-refractivity contribution >= 4 is 23.5 Å². The SMILES string of the molecule is CC(C)COC(=O)[C@]12CCC(=O)N1c1ccccc1C(=O)N2CC(C)C. The van der Waals surface area contributed by atoms with Gasteiger partial charge in [-0.25, -0.2) is 4.79 Å². The first-order valence-corrected chi connectivity index (χ1v) is 9.20. The van der Waals surface area contributed by atoms with Crippen molar-refractivity contribution in [1.82, 2.24) is 4.90 Å². The zero-order chi connectivity index (χ0) is 19.1. The van der Waals surface area contributed by atoms with Gasteiger partial charge in [-0.05, 0) is 24.0 Å². The highest BCUT2D eigenvalue weighted by Crippen LogP contribution is 2.45. The van der Waals surface area contributed by atoms with Crippen LogP contribution in [0, 0.1) is 11.8 Å². The minimum absolute atomic E-state index is 0.150. The van der Waals surface area contributed by atoms with Crippen LogP contribution in [0.4, 0.5) is 5.69 Å². The number of rotatable bonds is 5. The van der Waals surface area contributed by atoms with E-state index in [2.05, 4.69) is 0 Å². The Balaban J connectivity index is 2.14. The summed E-state index contributed by atoms with van der Waals surface area (Å²) in [6.45, 7) is 8.53. The number of nitrogens with zero attached hydrogens (tertiary/aromatic N) is 2. The van der Waals surface area contributed by atoms with E-state index in [1.807, 2.05) is 27.7 Å². The molecule has 2 aliphatic heterocycles. The zero-order valence-electron chi connectivity index (χ0n) is 15.8. The van der Waals surface area contributed by atoms with Gasteiger partial charge in [0, 0.05) is 19.4 Å². The van der Waals surface area contributed by atoms with E-state index in [9.17, 15) is 14.4 Å². The van der Waals surface area contributed by atoms with Gasteiger partial charge in [0.1, 0.15) is 0 Å². The summed E-state index contributed by atoms with van der Waals surface area (Å²) in [6, 6.07) is 6.99. The number of anilines is 1. The van der Waals surface area contributed by atoms with Crippen molar-refractivity contribution in [1.29, 1.82) is 0 Å². The lowest BCUT2D eigenvalue weighted by molar-refractivity contribution is -0.158. The number of esters is 1. The van der Waals surface area contributed by atoms with Crippen LogP contribution in [0.1, 0.15) is 50.9 Å². The fraction of sp³-hybridized carbons (Fsp3) is 0.550. The summed E-state index contributed by atoms with van der Waals surface area (Å²) in [5.74, 6) is -0.565. The number of benzene rings is 1. The van der Waals surface area contributed by atoms with Crippen LogP contribution in [0.3, 0.4) is 0 Å². The number of carbonyl (C=O) groups is 3. The average Bonchev–Trinajstić information content (AvgIpc) is 2.95. The van der Waals surface area contributed by atoms with Gasteiger partial charge in [-0.2, -0.15) is 0 Å². The van der Waals surface area contributed by atoms with Crippen LogP contribution in [-0.4, -0.2) is 41.5 Å². The molecule has 0 saturated carbocycles. The van der Waals surface area contributed by atoms with Gasteiger partial charge in [0.2, 0.25) is 11.6 Å². The minimum atomic E-state index is -1.37. The molecule has 1 aromatic carbocycles. The maximum Gasteiger partial charge on any atom is 0.353 e. The quantitative estimate of drug-likeness (QED) is 0.759. The largest absolute Gasteiger partial charge is 0.462 e. The number of fused-ring (bicyclic) bond motifs is 3. The molecule has 0 spiro atoms. The van der Waals surface area contributed by atoms with E-state index in [1.54, 1.807) is 29.2 Å². The first-order chi connectivity index (χ1) is 12.3. The third-order valence-corrected chi connectivity index (χ3v) is 4.80. The molecule has 0 radical (unpaired) electrons. The fourth-order valence-corrected chi connectivity index (χ4v) is 3.72. The van der Waals surface area contributed by atoms with Gasteiger partial charge in [-0.1, -0.05) is 39.8 Å². The summed E-state index contributed by atoms with van der Waals surface area (Å²) in [5, 5.41) is 0. The predicted octanol–water partition coefficient (Wildman–Crippen LogP) is 2.82. The van der Waals surface area contributed by atoms with Crippen molar-refractivity contribution in [3.05, 3.63) is 29.8 Å². The summed E-state index contributed by atoms with van der Waals surface area (Å²) in [4.78, 5) is 42.2. The number of carbonyl (C=O) groups excluding carboxylic acids is 3.